The first-order chi connectivity index (χ1) is 25.7. The summed E-state index contributed by atoms with van der Waals surface area (Å²) in [6.45, 7) is 13.3. The summed E-state index contributed by atoms with van der Waals surface area (Å²) in [6, 6.07) is 0. The number of esters is 1. The van der Waals surface area contributed by atoms with Crippen molar-refractivity contribution in [3.8, 4) is 0 Å². The zero-order chi connectivity index (χ0) is 37.6. The molecule has 0 radical (unpaired) electrons. The minimum absolute atomic E-state index is 0.0112. The maximum Gasteiger partial charge on any atom is 0.305 e. The second-order valence-corrected chi connectivity index (χ2v) is 13.8. The van der Waals surface area contributed by atoms with Crippen LogP contribution in [0.15, 0.2) is 106 Å². The molecule has 53 heavy (non-hydrogen) atoms. The number of aliphatic hydroxyl groups excluding tert-OH is 2. The largest absolute Gasteiger partial charge is 0.511 e. The third-order valence-corrected chi connectivity index (χ3v) is 10.6. The van der Waals surface area contributed by atoms with E-state index in [0.29, 0.717) is 58.2 Å². The van der Waals surface area contributed by atoms with Gasteiger partial charge in [-0.2, -0.15) is 0 Å². The fourth-order valence-electron chi connectivity index (χ4n) is 7.65. The van der Waals surface area contributed by atoms with Crippen LogP contribution in [0.1, 0.15) is 60.3 Å². The van der Waals surface area contributed by atoms with E-state index in [-0.39, 0.29) is 44.0 Å². The predicted molar refractivity (Wildman–Crippen MR) is 204 cm³/mol. The first kappa shape index (κ1) is 38.5. The molecule has 5 aliphatic heterocycles. The summed E-state index contributed by atoms with van der Waals surface area (Å²) in [5.41, 5.74) is 14.0. The number of aliphatic imine (C=N–C) groups is 3. The van der Waals surface area contributed by atoms with Crippen LogP contribution in [0.3, 0.4) is 0 Å². The van der Waals surface area contributed by atoms with E-state index in [1.54, 1.807) is 7.11 Å². The molecule has 1 saturated heterocycles. The summed E-state index contributed by atoms with van der Waals surface area (Å²) < 4.78 is 27.3. The molecule has 8 bridgehead atoms. The van der Waals surface area contributed by atoms with Crippen LogP contribution in [0.25, 0.3) is 0 Å². The van der Waals surface area contributed by atoms with Crippen LogP contribution in [0.5, 0.6) is 0 Å². The van der Waals surface area contributed by atoms with Crippen LogP contribution in [-0.2, 0) is 28.5 Å². The lowest BCUT2D eigenvalue weighted by Crippen LogP contribution is -2.17. The van der Waals surface area contributed by atoms with E-state index in [1.807, 2.05) is 13.0 Å². The second kappa shape index (κ2) is 17.3. The van der Waals surface area contributed by atoms with Crippen LogP contribution in [0.2, 0.25) is 0 Å². The fraction of sp³-hybridized carbons (Fsp3) is 0.512. The third kappa shape index (κ3) is 8.17. The molecule has 0 amide bonds. The normalized spacial score (nSPS) is 22.1. The van der Waals surface area contributed by atoms with Crippen molar-refractivity contribution in [1.29, 1.82) is 0 Å². The summed E-state index contributed by atoms with van der Waals surface area (Å²) in [7, 11) is 1.70. The highest BCUT2D eigenvalue weighted by atomic mass is 16.6. The highest BCUT2D eigenvalue weighted by Crippen LogP contribution is 2.46. The number of carbonyl (C=O) groups excluding carboxylic acids is 1. The quantitative estimate of drug-likeness (QED) is 0.127. The number of carbonyl (C=O) groups is 1. The van der Waals surface area contributed by atoms with E-state index in [0.717, 1.165) is 91.1 Å². The first-order valence-corrected chi connectivity index (χ1v) is 18.6. The van der Waals surface area contributed by atoms with Crippen molar-refractivity contribution in [1.82, 2.24) is 5.32 Å². The monoisotopic (exact) mass is 728 g/mol. The zero-order valence-electron chi connectivity index (χ0n) is 31.8. The van der Waals surface area contributed by atoms with E-state index < -0.39 is 0 Å². The van der Waals surface area contributed by atoms with Gasteiger partial charge in [-0.3, -0.25) is 4.79 Å². The van der Waals surface area contributed by atoms with Crippen molar-refractivity contribution < 1.29 is 38.7 Å². The number of methoxy groups -OCH3 is 1. The van der Waals surface area contributed by atoms with Crippen molar-refractivity contribution in [2.75, 3.05) is 66.6 Å². The summed E-state index contributed by atoms with van der Waals surface area (Å²) in [5, 5.41) is 23.8. The van der Waals surface area contributed by atoms with Gasteiger partial charge in [0.05, 0.1) is 87.1 Å². The van der Waals surface area contributed by atoms with Crippen LogP contribution in [-0.4, -0.2) is 99.9 Å². The highest BCUT2D eigenvalue weighted by molar-refractivity contribution is 6.21. The summed E-state index contributed by atoms with van der Waals surface area (Å²) in [4.78, 5) is 28.3. The summed E-state index contributed by atoms with van der Waals surface area (Å²) >= 11 is 0. The summed E-state index contributed by atoms with van der Waals surface area (Å²) in [5.74, 6) is -0.0162. The molecule has 0 unspecified atom stereocenters. The Morgan fingerprint density at radius 1 is 0.868 bits per heavy atom. The van der Waals surface area contributed by atoms with Crippen molar-refractivity contribution in [2.24, 2.45) is 26.8 Å². The lowest BCUT2D eigenvalue weighted by atomic mass is 9.86. The van der Waals surface area contributed by atoms with Crippen molar-refractivity contribution in [2.45, 2.75) is 60.3 Å². The molecule has 5 heterocycles. The molecule has 6 aliphatic rings. The molecule has 0 spiro atoms. The van der Waals surface area contributed by atoms with E-state index >= 15 is 0 Å². The lowest BCUT2D eigenvalue weighted by molar-refractivity contribution is -0.145. The molecule has 12 heteroatoms. The molecule has 1 aliphatic carbocycles. The first-order valence-electron chi connectivity index (χ1n) is 18.6. The Kier molecular flexibility index (Phi) is 12.6. The van der Waals surface area contributed by atoms with Gasteiger partial charge < -0.3 is 39.2 Å². The van der Waals surface area contributed by atoms with Gasteiger partial charge in [0.15, 0.2) is 0 Å². The molecule has 0 aromatic carbocycles. The highest BCUT2D eigenvalue weighted by Gasteiger charge is 2.41. The molecule has 1 fully saturated rings. The Bertz CT molecular complexity index is 1870. The van der Waals surface area contributed by atoms with Gasteiger partial charge in [0.2, 0.25) is 0 Å². The number of aliphatic hydroxyl groups is 2. The molecule has 3 N–H and O–H groups in total. The molecule has 0 saturated carbocycles. The molecule has 2 atom stereocenters. The van der Waals surface area contributed by atoms with Crippen LogP contribution in [0.4, 0.5) is 0 Å². The number of ether oxygens (including phenoxy) is 5. The molecule has 0 aromatic heterocycles. The maximum absolute atomic E-state index is 13.0. The van der Waals surface area contributed by atoms with Gasteiger partial charge >= 0.3 is 5.97 Å². The average Bonchev–Trinajstić information content (AvgIpc) is 3.89. The minimum atomic E-state index is -0.291. The zero-order valence-corrected chi connectivity index (χ0v) is 31.8. The van der Waals surface area contributed by atoms with Crippen LogP contribution >= 0.6 is 0 Å². The molecule has 12 nitrogen and oxygen atoms in total. The van der Waals surface area contributed by atoms with Gasteiger partial charge in [0.25, 0.3) is 0 Å². The fourth-order valence-corrected chi connectivity index (χ4v) is 7.65. The number of nitrogens with one attached hydrogen (secondary N) is 1. The SMILES string of the molecule is CCC1=C(C)C2=NC1=CC1=C(C)C3=C(O)CC(=C4NC(=CC5=NC(=C2)C(COC)=C5C)[C@@H](C)[C@@H]4CCC(=O)OCCOCCOCCOCCO)C3=N1. The molecule has 284 valence electrons. The Morgan fingerprint density at radius 3 is 2.19 bits per heavy atom. The van der Waals surface area contributed by atoms with Gasteiger partial charge in [0.1, 0.15) is 12.4 Å². The van der Waals surface area contributed by atoms with E-state index in [4.69, 9.17) is 43.8 Å². The van der Waals surface area contributed by atoms with Gasteiger partial charge in [0, 0.05) is 59.9 Å². The van der Waals surface area contributed by atoms with E-state index in [9.17, 15) is 9.90 Å². The van der Waals surface area contributed by atoms with Gasteiger partial charge in [-0.1, -0.05) is 13.8 Å². The third-order valence-electron chi connectivity index (χ3n) is 10.6. The lowest BCUT2D eigenvalue weighted by Gasteiger charge is -2.17. The number of hydrogen-bond donors (Lipinski definition) is 3. The predicted octanol–water partition coefficient (Wildman–Crippen LogP) is 5.67. The van der Waals surface area contributed by atoms with Crippen molar-refractivity contribution >= 4 is 23.1 Å². The van der Waals surface area contributed by atoms with Gasteiger partial charge in [-0.05, 0) is 74.1 Å². The van der Waals surface area contributed by atoms with Crippen molar-refractivity contribution in [3.63, 3.8) is 0 Å². The van der Waals surface area contributed by atoms with Crippen LogP contribution < -0.4 is 5.32 Å². The molecular weight excluding hydrogens is 676 g/mol. The number of fused-ring (bicyclic) bond motifs is 5. The average molecular weight is 729 g/mol. The Balaban J connectivity index is 1.24. The summed E-state index contributed by atoms with van der Waals surface area (Å²) in [6.07, 6.45) is 8.17. The number of rotatable bonds is 17. The van der Waals surface area contributed by atoms with Gasteiger partial charge in [-0.15, -0.1) is 0 Å². The molecule has 6 rings (SSSR count). The molecular formula is C41H52N4O8. The smallest absolute Gasteiger partial charge is 0.305 e. The Morgan fingerprint density at radius 2 is 1.51 bits per heavy atom. The minimum Gasteiger partial charge on any atom is -0.511 e. The maximum atomic E-state index is 13.0. The number of allylic oxidation sites excluding steroid dienone is 11. The van der Waals surface area contributed by atoms with E-state index in [1.165, 1.54) is 0 Å². The topological polar surface area (TPSA) is 153 Å². The van der Waals surface area contributed by atoms with Crippen LogP contribution in [0, 0.1) is 11.8 Å². The van der Waals surface area contributed by atoms with Crippen molar-refractivity contribution in [3.05, 3.63) is 91.5 Å². The standard InChI is InChI=1S/C41H52N4O8/c1-7-27-23(2)32-20-36-30(22-49-6)25(4)31(43-36)19-33-24(3)28(8-9-38(48)53-17-16-52-15-14-51-13-12-50-11-10-46)40(44-33)29-18-37(47)39-26(5)34(45-41(29)39)21-35(27)42-32/h19-21,24,28,44,46-47H,7-18,22H2,1-6H3/t24-,28-/m0/s1. The van der Waals surface area contributed by atoms with Gasteiger partial charge in [-0.25, -0.2) is 15.0 Å². The Labute approximate surface area is 311 Å². The van der Waals surface area contributed by atoms with E-state index in [2.05, 4.69) is 45.2 Å². The number of hydrogen-bond acceptors (Lipinski definition) is 12. The molecule has 0 aromatic rings. The second-order valence-electron chi connectivity index (χ2n) is 13.8. The number of nitrogens with zero attached hydrogens (tertiary/aromatic N) is 3. The Hall–Kier alpha value is -4.20.